The molecule has 30 heavy (non-hydrogen) atoms. The lowest BCUT2D eigenvalue weighted by atomic mass is 9.87. The van der Waals surface area contributed by atoms with E-state index in [1.54, 1.807) is 0 Å². The summed E-state index contributed by atoms with van der Waals surface area (Å²) in [6, 6.07) is 15.7. The zero-order valence-corrected chi connectivity index (χ0v) is 18.5. The van der Waals surface area contributed by atoms with Crippen LogP contribution in [0.2, 0.25) is 0 Å². The number of ether oxygens (including phenoxy) is 2. The Kier molecular flexibility index (Phi) is 5.97. The van der Waals surface area contributed by atoms with Gasteiger partial charge in [-0.15, -0.1) is 0 Å². The van der Waals surface area contributed by atoms with Crippen molar-refractivity contribution in [3.63, 3.8) is 0 Å². The maximum Gasteiger partial charge on any atom is 0.159 e. The van der Waals surface area contributed by atoms with Crippen LogP contribution in [0.4, 0.5) is 0 Å². The molecule has 0 aliphatic heterocycles. The van der Waals surface area contributed by atoms with Crippen LogP contribution in [-0.4, -0.2) is 11.3 Å². The second kappa shape index (κ2) is 8.31. The lowest BCUT2D eigenvalue weighted by Crippen LogP contribution is -2.10. The van der Waals surface area contributed by atoms with Crippen LogP contribution in [0.3, 0.4) is 0 Å². The molecule has 4 nitrogen and oxygen atoms in total. The molecule has 0 radical (unpaired) electrons. The summed E-state index contributed by atoms with van der Waals surface area (Å²) in [5.74, 6) is 1.99. The Morgan fingerprint density at radius 1 is 0.667 bits per heavy atom. The van der Waals surface area contributed by atoms with Gasteiger partial charge in [-0.05, 0) is 46.2 Å². The number of rotatable bonds is 5. The van der Waals surface area contributed by atoms with Crippen molar-refractivity contribution in [3.8, 4) is 23.0 Å². The Morgan fingerprint density at radius 3 is 1.33 bits per heavy atom. The van der Waals surface area contributed by atoms with Gasteiger partial charge in [-0.2, -0.15) is 0 Å². The van der Waals surface area contributed by atoms with E-state index in [4.69, 9.17) is 9.47 Å². The summed E-state index contributed by atoms with van der Waals surface area (Å²) < 4.78 is 11.9. The molecule has 0 fully saturated rings. The maximum atomic E-state index is 11.8. The molecule has 0 atom stereocenters. The summed E-state index contributed by atoms with van der Waals surface area (Å²) in [5.41, 5.74) is 2.86. The van der Waals surface area contributed by atoms with E-state index in [9.17, 15) is 4.79 Å². The van der Waals surface area contributed by atoms with Crippen LogP contribution in [0.5, 0.6) is 23.0 Å². The van der Waals surface area contributed by atoms with Gasteiger partial charge in [-0.3, -0.25) is 9.78 Å². The molecular weight excluding hydrogens is 374 g/mol. The highest BCUT2D eigenvalue weighted by atomic mass is 16.5. The first-order valence-electron chi connectivity index (χ1n) is 10.1. The van der Waals surface area contributed by atoms with Gasteiger partial charge in [0.05, 0.1) is 12.4 Å². The van der Waals surface area contributed by atoms with Crippen LogP contribution in [0, 0.1) is 0 Å². The Bertz CT molecular complexity index is 930. The minimum Gasteiger partial charge on any atom is -0.455 e. The number of carbonyl (C=O) groups excluding carboxylic acids is 1. The van der Waals surface area contributed by atoms with Gasteiger partial charge in [-0.1, -0.05) is 65.8 Å². The lowest BCUT2D eigenvalue weighted by molar-refractivity contribution is 0.111. The van der Waals surface area contributed by atoms with Crippen molar-refractivity contribution in [1.82, 2.24) is 4.98 Å². The van der Waals surface area contributed by atoms with E-state index in [-0.39, 0.29) is 10.8 Å². The Hall–Kier alpha value is -3.14. The normalized spacial score (nSPS) is 11.8. The van der Waals surface area contributed by atoms with Crippen LogP contribution in [0.1, 0.15) is 63.0 Å². The van der Waals surface area contributed by atoms with Gasteiger partial charge in [0.25, 0.3) is 0 Å². The van der Waals surface area contributed by atoms with Crippen molar-refractivity contribution in [3.05, 3.63) is 77.6 Å². The monoisotopic (exact) mass is 403 g/mol. The smallest absolute Gasteiger partial charge is 0.159 e. The van der Waals surface area contributed by atoms with Gasteiger partial charge < -0.3 is 9.47 Å². The molecule has 0 saturated heterocycles. The fraction of sp³-hybridized carbons (Fsp3) is 0.308. The third kappa shape index (κ3) is 5.07. The molecule has 0 saturated carbocycles. The first-order valence-corrected chi connectivity index (χ1v) is 10.1. The number of hydrogen-bond acceptors (Lipinski definition) is 4. The van der Waals surface area contributed by atoms with Crippen LogP contribution in [-0.2, 0) is 10.8 Å². The topological polar surface area (TPSA) is 48.4 Å². The zero-order chi connectivity index (χ0) is 21.9. The van der Waals surface area contributed by atoms with Crippen molar-refractivity contribution >= 4 is 6.29 Å². The molecule has 2 aromatic carbocycles. The number of carbonyl (C=O) groups is 1. The number of benzene rings is 2. The summed E-state index contributed by atoms with van der Waals surface area (Å²) in [5, 5.41) is 0. The van der Waals surface area contributed by atoms with Crippen LogP contribution in [0.25, 0.3) is 0 Å². The molecule has 0 unspecified atom stereocenters. The van der Waals surface area contributed by atoms with Crippen molar-refractivity contribution < 1.29 is 14.3 Å². The molecule has 156 valence electrons. The highest BCUT2D eigenvalue weighted by Gasteiger charge is 2.17. The molecular formula is C26H29NO3. The quantitative estimate of drug-likeness (QED) is 0.427. The van der Waals surface area contributed by atoms with E-state index in [0.717, 1.165) is 6.29 Å². The van der Waals surface area contributed by atoms with Crippen molar-refractivity contribution in [2.75, 3.05) is 0 Å². The summed E-state index contributed by atoms with van der Waals surface area (Å²) in [7, 11) is 0. The van der Waals surface area contributed by atoms with Gasteiger partial charge >= 0.3 is 0 Å². The van der Waals surface area contributed by atoms with Gasteiger partial charge in [-0.25, -0.2) is 0 Å². The number of hydrogen-bond donors (Lipinski definition) is 0. The fourth-order valence-corrected chi connectivity index (χ4v) is 3.01. The summed E-state index contributed by atoms with van der Waals surface area (Å²) >= 11 is 0. The highest BCUT2D eigenvalue weighted by molar-refractivity contribution is 5.83. The largest absolute Gasteiger partial charge is 0.455 e. The molecule has 0 amide bonds. The van der Waals surface area contributed by atoms with Crippen LogP contribution < -0.4 is 9.47 Å². The molecule has 0 N–H and O–H groups in total. The van der Waals surface area contributed by atoms with E-state index < -0.39 is 0 Å². The molecule has 3 rings (SSSR count). The van der Waals surface area contributed by atoms with Crippen LogP contribution in [0.15, 0.2) is 60.9 Å². The average molecular weight is 404 g/mol. The minimum absolute atomic E-state index is 0.0599. The second-order valence-electron chi connectivity index (χ2n) is 9.42. The Labute approximate surface area is 178 Å². The van der Waals surface area contributed by atoms with Crippen molar-refractivity contribution in [1.29, 1.82) is 0 Å². The molecule has 0 bridgehead atoms. The van der Waals surface area contributed by atoms with E-state index in [1.807, 2.05) is 48.5 Å². The highest BCUT2D eigenvalue weighted by Crippen LogP contribution is 2.34. The summed E-state index contributed by atoms with van der Waals surface area (Å²) in [6.07, 6.45) is 3.79. The summed E-state index contributed by atoms with van der Waals surface area (Å²) in [4.78, 5) is 16.0. The third-order valence-corrected chi connectivity index (χ3v) is 4.93. The van der Waals surface area contributed by atoms with E-state index in [2.05, 4.69) is 46.5 Å². The SMILES string of the molecule is CC(C)(C)c1ccc(Oc2cncc(Oc3ccc(C(C)(C)C)cc3)c2C=O)cc1. The van der Waals surface area contributed by atoms with E-state index in [1.165, 1.54) is 23.5 Å². The molecule has 3 aromatic rings. The third-order valence-electron chi connectivity index (χ3n) is 4.93. The van der Waals surface area contributed by atoms with Crippen molar-refractivity contribution in [2.45, 2.75) is 52.4 Å². The first-order chi connectivity index (χ1) is 14.1. The number of aromatic nitrogens is 1. The second-order valence-corrected chi connectivity index (χ2v) is 9.42. The number of aldehydes is 1. The average Bonchev–Trinajstić information content (AvgIpc) is 2.68. The standard InChI is InChI=1S/C26H29NO3/c1-25(2,3)18-7-11-20(12-8-18)29-23-15-27-16-24(22(23)17-28)30-21-13-9-19(10-14-21)26(4,5)6/h7-17H,1-6H3. The first kappa shape index (κ1) is 21.6. The number of pyridine rings is 1. The van der Waals surface area contributed by atoms with E-state index in [0.29, 0.717) is 28.6 Å². The molecule has 1 heterocycles. The van der Waals surface area contributed by atoms with Gasteiger partial charge in [0.15, 0.2) is 17.8 Å². The summed E-state index contributed by atoms with van der Waals surface area (Å²) in [6.45, 7) is 13.0. The number of nitrogens with zero attached hydrogens (tertiary/aromatic N) is 1. The van der Waals surface area contributed by atoms with E-state index >= 15 is 0 Å². The Morgan fingerprint density at radius 2 is 1.03 bits per heavy atom. The predicted molar refractivity (Wildman–Crippen MR) is 120 cm³/mol. The predicted octanol–water partition coefficient (Wildman–Crippen LogP) is 7.07. The van der Waals surface area contributed by atoms with Crippen molar-refractivity contribution in [2.24, 2.45) is 0 Å². The van der Waals surface area contributed by atoms with Gasteiger partial charge in [0.1, 0.15) is 17.1 Å². The fourth-order valence-electron chi connectivity index (χ4n) is 3.01. The van der Waals surface area contributed by atoms with Crippen LogP contribution >= 0.6 is 0 Å². The molecule has 0 aliphatic rings. The van der Waals surface area contributed by atoms with Gasteiger partial charge in [0.2, 0.25) is 0 Å². The maximum absolute atomic E-state index is 11.8. The van der Waals surface area contributed by atoms with Gasteiger partial charge in [0, 0.05) is 0 Å². The lowest BCUT2D eigenvalue weighted by Gasteiger charge is -2.19. The zero-order valence-electron chi connectivity index (χ0n) is 18.5. The minimum atomic E-state index is 0.0599. The molecule has 1 aromatic heterocycles. The molecule has 0 spiro atoms. The Balaban J connectivity index is 1.83. The molecule has 0 aliphatic carbocycles. The molecule has 4 heteroatoms.